The number of hydrogen-bond acceptors (Lipinski definition) is 4. The zero-order chi connectivity index (χ0) is 17.5. The van der Waals surface area contributed by atoms with Crippen molar-refractivity contribution in [3.8, 4) is 0 Å². The van der Waals surface area contributed by atoms with Crippen LogP contribution in [0.25, 0.3) is 0 Å². The molecule has 0 saturated carbocycles. The number of furan rings is 1. The van der Waals surface area contributed by atoms with Gasteiger partial charge in [0.25, 0.3) is 0 Å². The van der Waals surface area contributed by atoms with E-state index in [9.17, 15) is 4.79 Å². The first-order chi connectivity index (χ1) is 11.5. The second kappa shape index (κ2) is 10.4. The number of aliphatic imine (C=N–C) groups is 1. The van der Waals surface area contributed by atoms with E-state index >= 15 is 0 Å². The Morgan fingerprint density at radius 2 is 2.08 bits per heavy atom. The van der Waals surface area contributed by atoms with Crippen molar-refractivity contribution in [1.29, 1.82) is 0 Å². The molecule has 6 nitrogen and oxygen atoms in total. The average Bonchev–Trinajstić information content (AvgIpc) is 3.19. The van der Waals surface area contributed by atoms with Crippen molar-refractivity contribution in [3.05, 3.63) is 46.0 Å². The molecule has 0 aliphatic carbocycles. The summed E-state index contributed by atoms with van der Waals surface area (Å²) >= 11 is 1.69. The Balaban J connectivity index is 0.00000312. The van der Waals surface area contributed by atoms with E-state index in [0.29, 0.717) is 19.0 Å². The number of aryl methyl sites for hydroxylation is 1. The fraction of sp³-hybridized carbons (Fsp3) is 0.412. The third-order valence-corrected chi connectivity index (χ3v) is 4.48. The molecular formula is C17H25IN4O2S. The molecule has 8 heteroatoms. The molecule has 0 aliphatic rings. The maximum atomic E-state index is 11.8. The lowest BCUT2D eigenvalue weighted by Crippen LogP contribution is -2.39. The quantitative estimate of drug-likeness (QED) is 0.396. The van der Waals surface area contributed by atoms with Gasteiger partial charge in [0.15, 0.2) is 5.96 Å². The largest absolute Gasteiger partial charge is 0.469 e. The first-order valence-corrected chi connectivity index (χ1v) is 8.60. The van der Waals surface area contributed by atoms with Crippen LogP contribution in [0.5, 0.6) is 0 Å². The van der Waals surface area contributed by atoms with Crippen LogP contribution in [0.1, 0.15) is 16.2 Å². The number of nitrogens with one attached hydrogen (secondary N) is 1. The number of amides is 1. The first-order valence-electron chi connectivity index (χ1n) is 7.72. The monoisotopic (exact) mass is 476 g/mol. The van der Waals surface area contributed by atoms with Gasteiger partial charge in [-0.2, -0.15) is 0 Å². The van der Waals surface area contributed by atoms with E-state index in [1.807, 2.05) is 36.4 Å². The molecule has 0 atom stereocenters. The SMILES string of the molecule is Cc1occc1CN(C)C(=NCC(=O)N(C)C)NCc1cccs1.I. The summed E-state index contributed by atoms with van der Waals surface area (Å²) in [6.07, 6.45) is 1.68. The fourth-order valence-corrected chi connectivity index (χ4v) is 2.73. The van der Waals surface area contributed by atoms with Crippen molar-refractivity contribution in [1.82, 2.24) is 15.1 Å². The Bertz CT molecular complexity index is 683. The predicted molar refractivity (Wildman–Crippen MR) is 112 cm³/mol. The van der Waals surface area contributed by atoms with Crippen LogP contribution in [0.2, 0.25) is 0 Å². The molecule has 0 aliphatic heterocycles. The highest BCUT2D eigenvalue weighted by Gasteiger charge is 2.12. The smallest absolute Gasteiger partial charge is 0.243 e. The van der Waals surface area contributed by atoms with Crippen LogP contribution in [0, 0.1) is 6.92 Å². The molecule has 0 fully saturated rings. The van der Waals surface area contributed by atoms with Crippen molar-refractivity contribution in [3.63, 3.8) is 0 Å². The van der Waals surface area contributed by atoms with Gasteiger partial charge in [-0.05, 0) is 24.4 Å². The highest BCUT2D eigenvalue weighted by atomic mass is 127. The minimum absolute atomic E-state index is 0. The van der Waals surface area contributed by atoms with Crippen LogP contribution in [0.15, 0.2) is 39.3 Å². The second-order valence-corrected chi connectivity index (χ2v) is 6.75. The molecule has 2 aromatic rings. The maximum Gasteiger partial charge on any atom is 0.243 e. The van der Waals surface area contributed by atoms with Gasteiger partial charge in [-0.15, -0.1) is 35.3 Å². The van der Waals surface area contributed by atoms with Crippen LogP contribution in [0.3, 0.4) is 0 Å². The van der Waals surface area contributed by atoms with Gasteiger partial charge in [0.2, 0.25) is 5.91 Å². The summed E-state index contributed by atoms with van der Waals surface area (Å²) in [6.45, 7) is 3.40. The molecule has 0 spiro atoms. The predicted octanol–water partition coefficient (Wildman–Crippen LogP) is 2.93. The van der Waals surface area contributed by atoms with Gasteiger partial charge >= 0.3 is 0 Å². The maximum absolute atomic E-state index is 11.8. The molecule has 1 N–H and O–H groups in total. The lowest BCUT2D eigenvalue weighted by Gasteiger charge is -2.22. The zero-order valence-corrected chi connectivity index (χ0v) is 18.1. The molecular weight excluding hydrogens is 451 g/mol. The number of carbonyl (C=O) groups is 1. The van der Waals surface area contributed by atoms with Crippen molar-refractivity contribution < 1.29 is 9.21 Å². The van der Waals surface area contributed by atoms with E-state index < -0.39 is 0 Å². The Morgan fingerprint density at radius 3 is 2.64 bits per heavy atom. The molecule has 0 saturated heterocycles. The molecule has 0 radical (unpaired) electrons. The topological polar surface area (TPSA) is 61.1 Å². The van der Waals surface area contributed by atoms with Crippen LogP contribution < -0.4 is 5.32 Å². The number of nitrogens with zero attached hydrogens (tertiary/aromatic N) is 3. The van der Waals surface area contributed by atoms with E-state index in [-0.39, 0.29) is 36.4 Å². The Hall–Kier alpha value is -1.55. The van der Waals surface area contributed by atoms with Gasteiger partial charge in [0.1, 0.15) is 12.3 Å². The van der Waals surface area contributed by atoms with Gasteiger partial charge in [0, 0.05) is 38.1 Å². The van der Waals surface area contributed by atoms with Gasteiger partial charge < -0.3 is 19.5 Å². The Kier molecular flexibility index (Phi) is 8.98. The number of rotatable bonds is 6. The zero-order valence-electron chi connectivity index (χ0n) is 15.0. The Labute approximate surface area is 169 Å². The highest BCUT2D eigenvalue weighted by molar-refractivity contribution is 14.0. The lowest BCUT2D eigenvalue weighted by atomic mass is 10.2. The standard InChI is InChI=1S/C17H24N4O2S.HI/c1-13-14(7-8-23-13)12-21(4)17(19-11-16(22)20(2)3)18-10-15-6-5-9-24-15;/h5-9H,10-12H2,1-4H3,(H,18,19);1H. The molecule has 1 amide bonds. The van der Waals surface area contributed by atoms with E-state index in [0.717, 1.165) is 11.3 Å². The number of guanidine groups is 1. The molecule has 2 rings (SSSR count). The minimum atomic E-state index is -0.0293. The summed E-state index contributed by atoms with van der Waals surface area (Å²) in [5, 5.41) is 5.38. The minimum Gasteiger partial charge on any atom is -0.469 e. The number of hydrogen-bond donors (Lipinski definition) is 1. The molecule has 2 aromatic heterocycles. The van der Waals surface area contributed by atoms with Crippen LogP contribution in [-0.4, -0.2) is 49.4 Å². The lowest BCUT2D eigenvalue weighted by molar-refractivity contribution is -0.127. The Morgan fingerprint density at radius 1 is 1.32 bits per heavy atom. The van der Waals surface area contributed by atoms with Crippen molar-refractivity contribution >= 4 is 47.2 Å². The number of likely N-dealkylation sites (N-methyl/N-ethyl adjacent to an activating group) is 1. The number of carbonyl (C=O) groups excluding carboxylic acids is 1. The summed E-state index contributed by atoms with van der Waals surface area (Å²) in [6, 6.07) is 6.04. The fourth-order valence-electron chi connectivity index (χ4n) is 2.08. The summed E-state index contributed by atoms with van der Waals surface area (Å²) < 4.78 is 5.35. The van der Waals surface area contributed by atoms with Crippen molar-refractivity contribution in [2.75, 3.05) is 27.7 Å². The van der Waals surface area contributed by atoms with Crippen LogP contribution in [-0.2, 0) is 17.9 Å². The summed E-state index contributed by atoms with van der Waals surface area (Å²) in [5.41, 5.74) is 1.10. The highest BCUT2D eigenvalue weighted by Crippen LogP contribution is 2.12. The van der Waals surface area contributed by atoms with E-state index in [1.165, 1.54) is 4.88 Å². The van der Waals surface area contributed by atoms with Crippen LogP contribution in [0.4, 0.5) is 0 Å². The summed E-state index contributed by atoms with van der Waals surface area (Å²) in [7, 11) is 5.41. The van der Waals surface area contributed by atoms with Gasteiger partial charge in [-0.1, -0.05) is 6.07 Å². The first kappa shape index (κ1) is 21.5. The van der Waals surface area contributed by atoms with Gasteiger partial charge in [0.05, 0.1) is 12.8 Å². The van der Waals surface area contributed by atoms with Gasteiger partial charge in [-0.25, -0.2) is 4.99 Å². The summed E-state index contributed by atoms with van der Waals surface area (Å²) in [4.78, 5) is 21.1. The van der Waals surface area contributed by atoms with E-state index in [4.69, 9.17) is 4.42 Å². The normalized spacial score (nSPS) is 11.0. The molecule has 138 valence electrons. The molecule has 25 heavy (non-hydrogen) atoms. The molecule has 0 aromatic carbocycles. The third-order valence-electron chi connectivity index (χ3n) is 3.60. The molecule has 2 heterocycles. The van der Waals surface area contributed by atoms with E-state index in [2.05, 4.69) is 16.4 Å². The second-order valence-electron chi connectivity index (χ2n) is 5.72. The average molecular weight is 476 g/mol. The van der Waals surface area contributed by atoms with E-state index in [1.54, 1.807) is 36.6 Å². The molecule has 0 bridgehead atoms. The van der Waals surface area contributed by atoms with Crippen molar-refractivity contribution in [2.45, 2.75) is 20.0 Å². The molecule has 0 unspecified atom stereocenters. The third kappa shape index (κ3) is 6.69. The summed E-state index contributed by atoms with van der Waals surface area (Å²) in [5.74, 6) is 1.56. The van der Waals surface area contributed by atoms with Crippen LogP contribution >= 0.6 is 35.3 Å². The number of thiophene rings is 1. The van der Waals surface area contributed by atoms with Gasteiger partial charge in [-0.3, -0.25) is 4.79 Å². The number of halogens is 1. The van der Waals surface area contributed by atoms with Crippen molar-refractivity contribution in [2.24, 2.45) is 4.99 Å².